The predicted molar refractivity (Wildman–Crippen MR) is 131 cm³/mol. The third-order valence-electron chi connectivity index (χ3n) is 6.10. The van der Waals surface area contributed by atoms with Gasteiger partial charge in [-0.25, -0.2) is 8.42 Å². The van der Waals surface area contributed by atoms with E-state index in [0.29, 0.717) is 32.7 Å². The molecule has 0 bridgehead atoms. The number of sulfonamides is 1. The molecule has 2 atom stereocenters. The zero-order valence-corrected chi connectivity index (χ0v) is 20.1. The van der Waals surface area contributed by atoms with E-state index < -0.39 is 16.1 Å². The lowest BCUT2D eigenvalue weighted by Gasteiger charge is -2.35. The van der Waals surface area contributed by atoms with Gasteiger partial charge in [-0.05, 0) is 35.7 Å². The second-order valence-corrected chi connectivity index (χ2v) is 10.5. The molecular formula is C26H31N3O4S. The number of aliphatic hydroxyl groups excluding tert-OH is 1. The van der Waals surface area contributed by atoms with Gasteiger partial charge in [-0.2, -0.15) is 4.31 Å². The molecule has 7 nitrogen and oxygen atoms in total. The smallest absolute Gasteiger partial charge is 0.244 e. The molecule has 8 heteroatoms. The van der Waals surface area contributed by atoms with Crippen molar-refractivity contribution in [3.63, 3.8) is 0 Å². The molecule has 1 saturated heterocycles. The minimum Gasteiger partial charge on any atom is -0.389 e. The number of hydrogen-bond donors (Lipinski definition) is 1. The van der Waals surface area contributed by atoms with Gasteiger partial charge in [0, 0.05) is 45.1 Å². The fourth-order valence-corrected chi connectivity index (χ4v) is 5.62. The van der Waals surface area contributed by atoms with Crippen LogP contribution in [0.15, 0.2) is 84.0 Å². The molecular weight excluding hydrogens is 450 g/mol. The highest BCUT2D eigenvalue weighted by Crippen LogP contribution is 2.28. The van der Waals surface area contributed by atoms with E-state index in [1.54, 1.807) is 18.3 Å². The zero-order valence-electron chi connectivity index (χ0n) is 19.3. The zero-order chi connectivity index (χ0) is 24.0. The average molecular weight is 482 g/mol. The number of benzene rings is 2. The van der Waals surface area contributed by atoms with Crippen LogP contribution >= 0.6 is 0 Å². The Bertz CT molecular complexity index is 1150. The Hall–Kier alpha value is -2.62. The summed E-state index contributed by atoms with van der Waals surface area (Å²) in [5.74, 6) is 0. The van der Waals surface area contributed by atoms with Crippen molar-refractivity contribution < 1.29 is 18.3 Å². The van der Waals surface area contributed by atoms with Crippen LogP contribution in [0, 0.1) is 6.92 Å². The summed E-state index contributed by atoms with van der Waals surface area (Å²) in [6.07, 6.45) is 1.98. The quantitative estimate of drug-likeness (QED) is 0.506. The molecule has 0 amide bonds. The van der Waals surface area contributed by atoms with Crippen LogP contribution in [-0.4, -0.2) is 73.1 Å². The number of piperazine rings is 1. The topological polar surface area (TPSA) is 83.0 Å². The number of hydrogen-bond acceptors (Lipinski definition) is 6. The lowest BCUT2D eigenvalue weighted by atomic mass is 9.97. The van der Waals surface area contributed by atoms with E-state index in [2.05, 4.69) is 28.9 Å². The van der Waals surface area contributed by atoms with Gasteiger partial charge < -0.3 is 9.84 Å². The van der Waals surface area contributed by atoms with Crippen LogP contribution in [0.4, 0.5) is 0 Å². The van der Waals surface area contributed by atoms with Gasteiger partial charge in [-0.3, -0.25) is 9.88 Å². The lowest BCUT2D eigenvalue weighted by molar-refractivity contribution is -0.0118. The summed E-state index contributed by atoms with van der Waals surface area (Å²) in [5.41, 5.74) is 3.25. The maximum absolute atomic E-state index is 12.8. The van der Waals surface area contributed by atoms with Crippen molar-refractivity contribution >= 4 is 10.0 Å². The van der Waals surface area contributed by atoms with Crippen molar-refractivity contribution in [1.29, 1.82) is 0 Å². The van der Waals surface area contributed by atoms with E-state index in [4.69, 9.17) is 4.74 Å². The summed E-state index contributed by atoms with van der Waals surface area (Å²) in [4.78, 5) is 6.21. The van der Waals surface area contributed by atoms with Crippen molar-refractivity contribution in [3.05, 3.63) is 95.8 Å². The van der Waals surface area contributed by atoms with Crippen molar-refractivity contribution in [2.45, 2.75) is 24.0 Å². The van der Waals surface area contributed by atoms with Gasteiger partial charge in [0.2, 0.25) is 10.0 Å². The first-order valence-electron chi connectivity index (χ1n) is 11.5. The maximum Gasteiger partial charge on any atom is 0.244 e. The van der Waals surface area contributed by atoms with Crippen LogP contribution in [-0.2, 0) is 14.8 Å². The van der Waals surface area contributed by atoms with Crippen LogP contribution in [0.25, 0.3) is 0 Å². The van der Waals surface area contributed by atoms with Crippen molar-refractivity contribution in [2.75, 3.05) is 39.3 Å². The predicted octanol–water partition coefficient (Wildman–Crippen LogP) is 2.86. The molecule has 4 rings (SSSR count). The number of aliphatic hydroxyl groups is 1. The van der Waals surface area contributed by atoms with Crippen LogP contribution in [0.2, 0.25) is 0 Å². The van der Waals surface area contributed by atoms with E-state index in [-0.39, 0.29) is 17.6 Å². The molecule has 2 heterocycles. The normalized spacial score (nSPS) is 17.4. The first-order chi connectivity index (χ1) is 16.4. The number of ether oxygens (including phenoxy) is 1. The highest BCUT2D eigenvalue weighted by Gasteiger charge is 2.29. The van der Waals surface area contributed by atoms with Crippen LogP contribution in [0.5, 0.6) is 0 Å². The molecule has 34 heavy (non-hydrogen) atoms. The molecule has 0 spiro atoms. The highest BCUT2D eigenvalue weighted by molar-refractivity contribution is 7.89. The third-order valence-corrected chi connectivity index (χ3v) is 7.98. The Kier molecular flexibility index (Phi) is 8.07. The minimum atomic E-state index is -3.54. The fraction of sp³-hybridized carbons (Fsp3) is 0.346. The molecule has 0 saturated carbocycles. The Morgan fingerprint density at radius 2 is 1.68 bits per heavy atom. The van der Waals surface area contributed by atoms with Crippen molar-refractivity contribution in [1.82, 2.24) is 14.2 Å². The molecule has 1 fully saturated rings. The summed E-state index contributed by atoms with van der Waals surface area (Å²) in [6, 6.07) is 21.3. The monoisotopic (exact) mass is 481 g/mol. The molecule has 0 radical (unpaired) electrons. The van der Waals surface area contributed by atoms with E-state index in [1.807, 2.05) is 42.5 Å². The van der Waals surface area contributed by atoms with Gasteiger partial charge in [-0.1, -0.05) is 54.6 Å². The lowest BCUT2D eigenvalue weighted by Crippen LogP contribution is -2.50. The molecule has 1 aliphatic heterocycles. The minimum absolute atomic E-state index is 0.183. The maximum atomic E-state index is 12.8. The van der Waals surface area contributed by atoms with Gasteiger partial charge >= 0.3 is 0 Å². The first kappa shape index (κ1) is 24.5. The number of rotatable bonds is 9. The number of nitrogens with zero attached hydrogens (tertiary/aromatic N) is 3. The Morgan fingerprint density at radius 3 is 2.35 bits per heavy atom. The Labute approximate surface area is 201 Å². The summed E-state index contributed by atoms with van der Waals surface area (Å²) in [6.45, 7) is 4.52. The van der Waals surface area contributed by atoms with E-state index in [1.165, 1.54) is 10.5 Å². The van der Waals surface area contributed by atoms with Gasteiger partial charge in [0.05, 0.1) is 12.7 Å². The molecule has 3 aromatic rings. The number of pyridine rings is 1. The standard InChI is InChI=1S/C26H31N3O4S/c1-21-8-5-6-12-25(21)26(22-9-3-2-4-10-22)33-20-23(30)19-28-14-16-29(17-15-28)34(31,32)24-11-7-13-27-18-24/h2-13,18,23,26,30H,14-17,19-20H2,1H3. The van der Waals surface area contributed by atoms with Crippen LogP contribution < -0.4 is 0 Å². The first-order valence-corrected chi connectivity index (χ1v) is 12.9. The fourth-order valence-electron chi connectivity index (χ4n) is 4.23. The van der Waals surface area contributed by atoms with Crippen LogP contribution in [0.3, 0.4) is 0 Å². The molecule has 2 unspecified atom stereocenters. The summed E-state index contributed by atoms with van der Waals surface area (Å²) < 4.78 is 33.3. The molecule has 1 N–H and O–H groups in total. The summed E-state index contributed by atoms with van der Waals surface area (Å²) in [5, 5.41) is 10.7. The van der Waals surface area contributed by atoms with E-state index in [0.717, 1.165) is 16.7 Å². The van der Waals surface area contributed by atoms with Gasteiger partial charge in [0.1, 0.15) is 11.0 Å². The summed E-state index contributed by atoms with van der Waals surface area (Å²) >= 11 is 0. The SMILES string of the molecule is Cc1ccccc1C(OCC(O)CN1CCN(S(=O)(=O)c2cccnc2)CC1)c1ccccc1. The van der Waals surface area contributed by atoms with E-state index >= 15 is 0 Å². The molecule has 2 aromatic carbocycles. The number of β-amino-alcohol motifs (C(OH)–C–C–N with tert-alkyl or cyclic N) is 1. The summed E-state index contributed by atoms with van der Waals surface area (Å²) in [7, 11) is -3.54. The van der Waals surface area contributed by atoms with Crippen molar-refractivity contribution in [2.24, 2.45) is 0 Å². The molecule has 1 aromatic heterocycles. The van der Waals surface area contributed by atoms with Crippen molar-refractivity contribution in [3.8, 4) is 0 Å². The van der Waals surface area contributed by atoms with Crippen LogP contribution in [0.1, 0.15) is 22.8 Å². The van der Waals surface area contributed by atoms with Gasteiger partial charge in [0.25, 0.3) is 0 Å². The van der Waals surface area contributed by atoms with Gasteiger partial charge in [0.15, 0.2) is 0 Å². The second-order valence-electron chi connectivity index (χ2n) is 8.53. The Balaban J connectivity index is 1.33. The molecule has 180 valence electrons. The van der Waals surface area contributed by atoms with Gasteiger partial charge in [-0.15, -0.1) is 0 Å². The number of aryl methyl sites for hydroxylation is 1. The molecule has 1 aliphatic rings. The highest BCUT2D eigenvalue weighted by atomic mass is 32.2. The number of aromatic nitrogens is 1. The van der Waals surface area contributed by atoms with E-state index in [9.17, 15) is 13.5 Å². The average Bonchev–Trinajstić information content (AvgIpc) is 2.87. The third kappa shape index (κ3) is 5.89. The largest absolute Gasteiger partial charge is 0.389 e. The second kappa shape index (κ2) is 11.2. The Morgan fingerprint density at radius 1 is 0.971 bits per heavy atom. The molecule has 0 aliphatic carbocycles.